The summed E-state index contributed by atoms with van der Waals surface area (Å²) in [5.41, 5.74) is 5.46. The lowest BCUT2D eigenvalue weighted by atomic mass is 10.0. The number of benzene rings is 1. The number of methoxy groups -OCH3 is 1. The predicted molar refractivity (Wildman–Crippen MR) is 85.6 cm³/mol. The van der Waals surface area contributed by atoms with Crippen LogP contribution in [0.25, 0.3) is 0 Å². The Labute approximate surface area is 135 Å². The van der Waals surface area contributed by atoms with Crippen molar-refractivity contribution < 1.29 is 19.2 Å². The second kappa shape index (κ2) is 8.94. The maximum atomic E-state index is 11.9. The van der Waals surface area contributed by atoms with E-state index in [9.17, 15) is 14.9 Å². The molecule has 1 aromatic rings. The zero-order chi connectivity index (χ0) is 17.4. The van der Waals surface area contributed by atoms with Crippen molar-refractivity contribution in [3.8, 4) is 11.5 Å². The summed E-state index contributed by atoms with van der Waals surface area (Å²) >= 11 is 0. The van der Waals surface area contributed by atoms with Gasteiger partial charge in [0.2, 0.25) is 5.75 Å². The molecule has 0 saturated heterocycles. The summed E-state index contributed by atoms with van der Waals surface area (Å²) in [5.74, 6) is 0.519. The van der Waals surface area contributed by atoms with Crippen LogP contribution in [0.2, 0.25) is 0 Å². The van der Waals surface area contributed by atoms with Crippen molar-refractivity contribution in [3.63, 3.8) is 0 Å². The fourth-order valence-electron chi connectivity index (χ4n) is 2.10. The van der Waals surface area contributed by atoms with Gasteiger partial charge in [0.05, 0.1) is 12.0 Å². The second-order valence-electron chi connectivity index (χ2n) is 5.51. The fourth-order valence-corrected chi connectivity index (χ4v) is 2.10. The van der Waals surface area contributed by atoms with Crippen LogP contribution in [0.1, 0.15) is 20.3 Å². The summed E-state index contributed by atoms with van der Waals surface area (Å²) in [6, 6.07) is 3.97. The monoisotopic (exact) mass is 325 g/mol. The van der Waals surface area contributed by atoms with E-state index in [0.29, 0.717) is 18.2 Å². The molecule has 1 atom stereocenters. The van der Waals surface area contributed by atoms with Crippen LogP contribution in [0.5, 0.6) is 11.5 Å². The van der Waals surface area contributed by atoms with E-state index in [0.717, 1.165) is 6.42 Å². The lowest BCUT2D eigenvalue weighted by Crippen LogP contribution is -2.43. The SMILES string of the molecule is COc1cc(OCC(=O)NC(CN)CC(C)C)ccc1[N+](=O)[O-]. The van der Waals surface area contributed by atoms with Crippen LogP contribution >= 0.6 is 0 Å². The summed E-state index contributed by atoms with van der Waals surface area (Å²) in [7, 11) is 1.33. The van der Waals surface area contributed by atoms with Gasteiger partial charge in [-0.3, -0.25) is 14.9 Å². The molecule has 0 aliphatic rings. The minimum atomic E-state index is -0.549. The van der Waals surface area contributed by atoms with Crippen LogP contribution in [-0.2, 0) is 4.79 Å². The van der Waals surface area contributed by atoms with Crippen molar-refractivity contribution >= 4 is 11.6 Å². The Bertz CT molecular complexity index is 548. The first-order chi connectivity index (χ1) is 10.9. The lowest BCUT2D eigenvalue weighted by Gasteiger charge is -2.18. The van der Waals surface area contributed by atoms with Crippen LogP contribution in [0, 0.1) is 16.0 Å². The molecular weight excluding hydrogens is 302 g/mol. The number of nitrogens with zero attached hydrogens (tertiary/aromatic N) is 1. The number of nitro groups is 1. The van der Waals surface area contributed by atoms with Crippen molar-refractivity contribution in [2.24, 2.45) is 11.7 Å². The molecule has 0 aliphatic carbocycles. The molecule has 0 radical (unpaired) electrons. The standard InChI is InChI=1S/C15H23N3O5/c1-10(2)6-11(8-16)17-15(19)9-23-12-4-5-13(18(20)21)14(7-12)22-3/h4-5,7,10-11H,6,8-9,16H2,1-3H3,(H,17,19). The van der Waals surface area contributed by atoms with E-state index in [1.165, 1.54) is 25.3 Å². The molecule has 0 heterocycles. The third kappa shape index (κ3) is 6.11. The van der Waals surface area contributed by atoms with Gasteiger partial charge in [-0.1, -0.05) is 13.8 Å². The molecule has 23 heavy (non-hydrogen) atoms. The van der Waals surface area contributed by atoms with Crippen LogP contribution in [-0.4, -0.2) is 37.1 Å². The maximum Gasteiger partial charge on any atom is 0.311 e. The zero-order valence-electron chi connectivity index (χ0n) is 13.6. The van der Waals surface area contributed by atoms with Crippen molar-refractivity contribution in [2.75, 3.05) is 20.3 Å². The molecule has 1 amide bonds. The van der Waals surface area contributed by atoms with E-state index in [1.807, 2.05) is 0 Å². The first-order valence-electron chi connectivity index (χ1n) is 7.32. The van der Waals surface area contributed by atoms with Gasteiger partial charge in [-0.25, -0.2) is 0 Å². The summed E-state index contributed by atoms with van der Waals surface area (Å²) in [6.45, 7) is 4.26. The number of amides is 1. The van der Waals surface area contributed by atoms with E-state index >= 15 is 0 Å². The Hall–Kier alpha value is -2.35. The number of rotatable bonds is 9. The quantitative estimate of drug-likeness (QED) is 0.524. The van der Waals surface area contributed by atoms with E-state index in [4.69, 9.17) is 15.2 Å². The molecule has 0 saturated carbocycles. The number of hydrogen-bond donors (Lipinski definition) is 2. The van der Waals surface area contributed by atoms with Crippen molar-refractivity contribution in [1.29, 1.82) is 0 Å². The second-order valence-corrected chi connectivity index (χ2v) is 5.51. The summed E-state index contributed by atoms with van der Waals surface area (Å²) < 4.78 is 10.3. The number of hydrogen-bond acceptors (Lipinski definition) is 6. The molecule has 1 rings (SSSR count). The highest BCUT2D eigenvalue weighted by molar-refractivity contribution is 5.77. The first kappa shape index (κ1) is 18.7. The highest BCUT2D eigenvalue weighted by Crippen LogP contribution is 2.30. The highest BCUT2D eigenvalue weighted by atomic mass is 16.6. The third-order valence-electron chi connectivity index (χ3n) is 3.12. The number of nitrogens with two attached hydrogens (primary N) is 1. The van der Waals surface area contributed by atoms with E-state index in [2.05, 4.69) is 19.2 Å². The average Bonchev–Trinajstić information content (AvgIpc) is 2.51. The molecule has 0 aromatic heterocycles. The number of nitro benzene ring substituents is 1. The van der Waals surface area contributed by atoms with E-state index in [-0.39, 0.29) is 30.0 Å². The van der Waals surface area contributed by atoms with Gasteiger partial charge in [0, 0.05) is 24.7 Å². The number of nitrogens with one attached hydrogen (secondary N) is 1. The Morgan fingerprint density at radius 1 is 1.43 bits per heavy atom. The van der Waals surface area contributed by atoms with Gasteiger partial charge >= 0.3 is 5.69 Å². The number of carbonyl (C=O) groups excluding carboxylic acids is 1. The van der Waals surface area contributed by atoms with Crippen LogP contribution in [0.4, 0.5) is 5.69 Å². The van der Waals surface area contributed by atoms with Crippen LogP contribution in [0.15, 0.2) is 18.2 Å². The van der Waals surface area contributed by atoms with Gasteiger partial charge in [0.15, 0.2) is 6.61 Å². The normalized spacial score (nSPS) is 11.9. The largest absolute Gasteiger partial charge is 0.490 e. The van der Waals surface area contributed by atoms with Gasteiger partial charge < -0.3 is 20.5 Å². The maximum absolute atomic E-state index is 11.9. The fraction of sp³-hybridized carbons (Fsp3) is 0.533. The Morgan fingerprint density at radius 2 is 2.13 bits per heavy atom. The molecule has 0 fully saturated rings. The van der Waals surface area contributed by atoms with Gasteiger partial charge in [0.1, 0.15) is 5.75 Å². The predicted octanol–water partition coefficient (Wildman–Crippen LogP) is 1.47. The number of carbonyl (C=O) groups is 1. The van der Waals surface area contributed by atoms with E-state index in [1.54, 1.807) is 0 Å². The summed E-state index contributed by atoms with van der Waals surface area (Å²) in [5, 5.41) is 13.6. The van der Waals surface area contributed by atoms with Crippen molar-refractivity contribution in [1.82, 2.24) is 5.32 Å². The molecule has 1 aromatic carbocycles. The Morgan fingerprint density at radius 3 is 2.65 bits per heavy atom. The van der Waals surface area contributed by atoms with Crippen LogP contribution < -0.4 is 20.5 Å². The van der Waals surface area contributed by atoms with Crippen molar-refractivity contribution in [2.45, 2.75) is 26.3 Å². The van der Waals surface area contributed by atoms with Gasteiger partial charge in [-0.05, 0) is 18.4 Å². The molecule has 0 aliphatic heterocycles. The lowest BCUT2D eigenvalue weighted by molar-refractivity contribution is -0.385. The number of ether oxygens (including phenoxy) is 2. The highest BCUT2D eigenvalue weighted by Gasteiger charge is 2.16. The molecule has 8 nitrogen and oxygen atoms in total. The molecule has 0 bridgehead atoms. The zero-order valence-corrected chi connectivity index (χ0v) is 13.6. The Kier molecular flexibility index (Phi) is 7.27. The molecule has 0 spiro atoms. The Balaban J connectivity index is 2.60. The topological polar surface area (TPSA) is 117 Å². The van der Waals surface area contributed by atoms with Gasteiger partial charge in [0.25, 0.3) is 5.91 Å². The molecule has 3 N–H and O–H groups in total. The minimum Gasteiger partial charge on any atom is -0.490 e. The molecule has 1 unspecified atom stereocenters. The molecule has 8 heteroatoms. The van der Waals surface area contributed by atoms with Crippen molar-refractivity contribution in [3.05, 3.63) is 28.3 Å². The molecule has 128 valence electrons. The first-order valence-corrected chi connectivity index (χ1v) is 7.32. The van der Waals surface area contributed by atoms with Gasteiger partial charge in [-0.2, -0.15) is 0 Å². The minimum absolute atomic E-state index is 0.0764. The van der Waals surface area contributed by atoms with Crippen LogP contribution in [0.3, 0.4) is 0 Å². The van der Waals surface area contributed by atoms with E-state index < -0.39 is 4.92 Å². The molecular formula is C15H23N3O5. The average molecular weight is 325 g/mol. The smallest absolute Gasteiger partial charge is 0.311 e. The summed E-state index contributed by atoms with van der Waals surface area (Å²) in [4.78, 5) is 22.1. The summed E-state index contributed by atoms with van der Waals surface area (Å²) in [6.07, 6.45) is 0.785. The third-order valence-corrected chi connectivity index (χ3v) is 3.12. The van der Waals surface area contributed by atoms with Gasteiger partial charge in [-0.15, -0.1) is 0 Å².